The van der Waals surface area contributed by atoms with Crippen molar-refractivity contribution in [2.24, 2.45) is 5.92 Å². The van der Waals surface area contributed by atoms with Crippen LogP contribution in [0.15, 0.2) is 66.7 Å². The number of fused-ring (bicyclic) bond motifs is 1. The molecule has 0 bridgehead atoms. The Hall–Kier alpha value is -3.34. The Morgan fingerprint density at radius 3 is 2.59 bits per heavy atom. The number of benzene rings is 3. The van der Waals surface area contributed by atoms with Crippen LogP contribution in [-0.4, -0.2) is 38.6 Å². The number of nitrogens with zero attached hydrogens (tertiary/aromatic N) is 1. The number of ether oxygens (including phenoxy) is 1. The average molecular weight is 431 g/mol. The van der Waals surface area contributed by atoms with Gasteiger partial charge in [0.2, 0.25) is 0 Å². The van der Waals surface area contributed by atoms with Crippen molar-refractivity contribution < 1.29 is 14.3 Å². The quantitative estimate of drug-likeness (QED) is 0.549. The van der Waals surface area contributed by atoms with E-state index in [1.54, 1.807) is 0 Å². The summed E-state index contributed by atoms with van der Waals surface area (Å²) in [5.74, 6) is 0.417. The summed E-state index contributed by atoms with van der Waals surface area (Å²) in [7, 11) is 1.30. The fourth-order valence-corrected chi connectivity index (χ4v) is 4.72. The molecule has 3 aromatic rings. The van der Waals surface area contributed by atoms with Gasteiger partial charge in [-0.1, -0.05) is 49.4 Å². The van der Waals surface area contributed by atoms with Crippen molar-refractivity contribution in [1.82, 2.24) is 5.32 Å². The summed E-state index contributed by atoms with van der Waals surface area (Å²) in [6, 6.07) is 22.8. The maximum absolute atomic E-state index is 12.2. The van der Waals surface area contributed by atoms with Gasteiger partial charge in [-0.2, -0.15) is 0 Å². The number of nitrogens with one attached hydrogen (secondary N) is 1. The standard InChI is InChI=1S/C27H30N2O3/c1-19(24-9-5-7-21-6-3-4-8-25(21)24)16-20-14-15-29(18-20)23-12-10-22(11-13-23)27(31)28-17-26(30)32-2/h3-13,19-20H,14-18H2,1-2H3,(H,28,31)/t19-,20+/m0/s1. The van der Waals surface area contributed by atoms with Crippen LogP contribution in [0.1, 0.15) is 41.6 Å². The number of amides is 1. The van der Waals surface area contributed by atoms with Gasteiger partial charge in [-0.05, 0) is 65.3 Å². The maximum Gasteiger partial charge on any atom is 0.325 e. The highest BCUT2D eigenvalue weighted by Gasteiger charge is 2.25. The van der Waals surface area contributed by atoms with Crippen molar-refractivity contribution in [2.75, 3.05) is 31.6 Å². The molecule has 0 aromatic heterocycles. The molecule has 2 atom stereocenters. The van der Waals surface area contributed by atoms with Crippen molar-refractivity contribution >= 4 is 28.3 Å². The second kappa shape index (κ2) is 9.86. The second-order valence-electron chi connectivity index (χ2n) is 8.61. The van der Waals surface area contributed by atoms with Crippen LogP contribution < -0.4 is 10.2 Å². The SMILES string of the molecule is COC(=O)CNC(=O)c1ccc(N2CC[C@H](C[C@H](C)c3cccc4ccccc34)C2)cc1. The normalized spacial score (nSPS) is 16.7. The van der Waals surface area contributed by atoms with Gasteiger partial charge < -0.3 is 15.0 Å². The maximum atomic E-state index is 12.2. The number of hydrogen-bond acceptors (Lipinski definition) is 4. The summed E-state index contributed by atoms with van der Waals surface area (Å²) in [5, 5.41) is 5.23. The Labute approximate surface area is 189 Å². The third kappa shape index (κ3) is 4.93. The zero-order valence-corrected chi connectivity index (χ0v) is 18.7. The van der Waals surface area contributed by atoms with Crippen LogP contribution in [0.4, 0.5) is 5.69 Å². The van der Waals surface area contributed by atoms with Gasteiger partial charge in [-0.25, -0.2) is 0 Å². The largest absolute Gasteiger partial charge is 0.468 e. The Morgan fingerprint density at radius 2 is 1.81 bits per heavy atom. The number of anilines is 1. The third-order valence-electron chi connectivity index (χ3n) is 6.44. The zero-order chi connectivity index (χ0) is 22.5. The molecule has 0 aliphatic carbocycles. The lowest BCUT2D eigenvalue weighted by atomic mass is 9.87. The lowest BCUT2D eigenvalue weighted by Crippen LogP contribution is -2.30. The molecule has 3 aromatic carbocycles. The monoisotopic (exact) mass is 430 g/mol. The van der Waals surface area contributed by atoms with Gasteiger partial charge in [-0.3, -0.25) is 9.59 Å². The third-order valence-corrected chi connectivity index (χ3v) is 6.44. The van der Waals surface area contributed by atoms with Gasteiger partial charge in [-0.15, -0.1) is 0 Å². The van der Waals surface area contributed by atoms with Crippen LogP contribution in [0.5, 0.6) is 0 Å². The Kier molecular flexibility index (Phi) is 6.74. The van der Waals surface area contributed by atoms with Crippen LogP contribution in [0.2, 0.25) is 0 Å². The smallest absolute Gasteiger partial charge is 0.325 e. The van der Waals surface area contributed by atoms with Crippen molar-refractivity contribution in [3.05, 3.63) is 77.9 Å². The molecule has 166 valence electrons. The van der Waals surface area contributed by atoms with E-state index in [2.05, 4.69) is 64.3 Å². The van der Waals surface area contributed by atoms with Crippen LogP contribution in [0, 0.1) is 5.92 Å². The van der Waals surface area contributed by atoms with E-state index in [0.717, 1.165) is 18.8 Å². The average Bonchev–Trinajstić information content (AvgIpc) is 3.30. The predicted octanol–water partition coefficient (Wildman–Crippen LogP) is 4.76. The van der Waals surface area contributed by atoms with Crippen LogP contribution in [-0.2, 0) is 9.53 Å². The van der Waals surface area contributed by atoms with E-state index in [1.807, 2.05) is 24.3 Å². The summed E-state index contributed by atoms with van der Waals surface area (Å²) in [6.45, 7) is 4.27. The molecule has 4 rings (SSSR count). The van der Waals surface area contributed by atoms with Crippen molar-refractivity contribution in [3.8, 4) is 0 Å². The van der Waals surface area contributed by atoms with Gasteiger partial charge in [0.05, 0.1) is 7.11 Å². The first kappa shape index (κ1) is 21.9. The van der Waals surface area contributed by atoms with E-state index >= 15 is 0 Å². The molecule has 0 unspecified atom stereocenters. The van der Waals surface area contributed by atoms with Gasteiger partial charge >= 0.3 is 5.97 Å². The van der Waals surface area contributed by atoms with E-state index in [4.69, 9.17) is 0 Å². The summed E-state index contributed by atoms with van der Waals surface area (Å²) >= 11 is 0. The molecule has 0 radical (unpaired) electrons. The second-order valence-corrected chi connectivity index (χ2v) is 8.61. The number of hydrogen-bond donors (Lipinski definition) is 1. The van der Waals surface area contributed by atoms with Gasteiger partial charge in [0.1, 0.15) is 6.54 Å². The summed E-state index contributed by atoms with van der Waals surface area (Å²) in [5.41, 5.74) is 3.11. The van der Waals surface area contributed by atoms with Crippen molar-refractivity contribution in [1.29, 1.82) is 0 Å². The summed E-state index contributed by atoms with van der Waals surface area (Å²) in [4.78, 5) is 25.8. The Morgan fingerprint density at radius 1 is 1.06 bits per heavy atom. The van der Waals surface area contributed by atoms with Crippen molar-refractivity contribution in [3.63, 3.8) is 0 Å². The van der Waals surface area contributed by atoms with E-state index in [0.29, 0.717) is 17.4 Å². The Bertz CT molecular complexity index is 1090. The first-order valence-corrected chi connectivity index (χ1v) is 11.2. The number of rotatable bonds is 7. The highest BCUT2D eigenvalue weighted by Crippen LogP contribution is 2.34. The summed E-state index contributed by atoms with van der Waals surface area (Å²) in [6.07, 6.45) is 2.34. The van der Waals surface area contributed by atoms with E-state index in [9.17, 15) is 9.59 Å². The predicted molar refractivity (Wildman–Crippen MR) is 128 cm³/mol. The topological polar surface area (TPSA) is 58.6 Å². The van der Waals surface area contributed by atoms with E-state index < -0.39 is 5.97 Å². The van der Waals surface area contributed by atoms with Gasteiger partial charge in [0, 0.05) is 24.3 Å². The molecule has 1 amide bonds. The lowest BCUT2D eigenvalue weighted by Gasteiger charge is -2.21. The van der Waals surface area contributed by atoms with Crippen LogP contribution >= 0.6 is 0 Å². The highest BCUT2D eigenvalue weighted by molar-refractivity contribution is 5.96. The fraction of sp³-hybridized carbons (Fsp3) is 0.333. The van der Waals surface area contributed by atoms with Crippen LogP contribution in [0.25, 0.3) is 10.8 Å². The molecule has 1 N–H and O–H groups in total. The molecule has 32 heavy (non-hydrogen) atoms. The van der Waals surface area contributed by atoms with Gasteiger partial charge in [0.25, 0.3) is 5.91 Å². The zero-order valence-electron chi connectivity index (χ0n) is 18.7. The Balaban J connectivity index is 1.35. The van der Waals surface area contributed by atoms with Crippen LogP contribution in [0.3, 0.4) is 0 Å². The summed E-state index contributed by atoms with van der Waals surface area (Å²) < 4.78 is 4.55. The molecular formula is C27H30N2O3. The van der Waals surface area contributed by atoms with E-state index in [-0.39, 0.29) is 12.5 Å². The molecule has 5 nitrogen and oxygen atoms in total. The highest BCUT2D eigenvalue weighted by atomic mass is 16.5. The molecule has 1 heterocycles. The lowest BCUT2D eigenvalue weighted by molar-refractivity contribution is -0.139. The number of carbonyl (C=O) groups excluding carboxylic acids is 2. The molecule has 1 fully saturated rings. The molecule has 0 spiro atoms. The first-order chi connectivity index (χ1) is 15.5. The number of methoxy groups -OCH3 is 1. The minimum absolute atomic E-state index is 0.125. The molecule has 1 aliphatic rings. The van der Waals surface area contributed by atoms with Crippen molar-refractivity contribution in [2.45, 2.75) is 25.7 Å². The first-order valence-electron chi connectivity index (χ1n) is 11.2. The molecule has 5 heteroatoms. The number of esters is 1. The minimum atomic E-state index is -0.462. The molecule has 0 saturated carbocycles. The molecule has 1 aliphatic heterocycles. The minimum Gasteiger partial charge on any atom is -0.468 e. The fourth-order valence-electron chi connectivity index (χ4n) is 4.72. The molecule has 1 saturated heterocycles. The van der Waals surface area contributed by atoms with E-state index in [1.165, 1.54) is 36.3 Å². The van der Waals surface area contributed by atoms with Gasteiger partial charge in [0.15, 0.2) is 0 Å². The number of carbonyl (C=O) groups is 2. The molecular weight excluding hydrogens is 400 g/mol.